The van der Waals surface area contributed by atoms with Crippen LogP contribution in [-0.2, 0) is 14.8 Å². The highest BCUT2D eigenvalue weighted by molar-refractivity contribution is 7.99. The molecule has 1 amide bonds. The molecule has 0 bridgehead atoms. The van der Waals surface area contributed by atoms with Crippen molar-refractivity contribution in [1.82, 2.24) is 10.1 Å². The average molecular weight is 554 g/mol. The van der Waals surface area contributed by atoms with Gasteiger partial charge in [0.25, 0.3) is 10.0 Å². The predicted octanol–water partition coefficient (Wildman–Crippen LogP) is 5.49. The van der Waals surface area contributed by atoms with Crippen molar-refractivity contribution in [2.45, 2.75) is 23.3 Å². The molecule has 0 saturated carbocycles. The van der Waals surface area contributed by atoms with Gasteiger partial charge in [-0.2, -0.15) is 5.26 Å². The number of thioether (sulfide) groups is 1. The Morgan fingerprint density at radius 3 is 2.49 bits per heavy atom. The van der Waals surface area contributed by atoms with Crippen LogP contribution in [-0.4, -0.2) is 30.2 Å². The number of nitrogens with zero attached hydrogens (tertiary/aromatic N) is 3. The molecular weight excluding hydrogens is 534 g/mol. The van der Waals surface area contributed by atoms with E-state index in [0.717, 1.165) is 5.56 Å². The first-order chi connectivity index (χ1) is 17.7. The van der Waals surface area contributed by atoms with Gasteiger partial charge in [-0.25, -0.2) is 13.4 Å². The fourth-order valence-corrected chi connectivity index (χ4v) is 5.23. The second kappa shape index (κ2) is 11.5. The number of aryl methyl sites for hydroxylation is 1. The van der Waals surface area contributed by atoms with Gasteiger partial charge < -0.3 is 9.84 Å². The van der Waals surface area contributed by atoms with Gasteiger partial charge in [0.05, 0.1) is 16.2 Å². The van der Waals surface area contributed by atoms with Crippen LogP contribution < -0.4 is 10.0 Å². The molecule has 0 radical (unpaired) electrons. The Bertz CT molecular complexity index is 1560. The summed E-state index contributed by atoms with van der Waals surface area (Å²) in [5, 5.41) is 16.9. The number of pyridine rings is 1. The van der Waals surface area contributed by atoms with Gasteiger partial charge in [-0.1, -0.05) is 28.9 Å². The average Bonchev–Trinajstić information content (AvgIpc) is 3.28. The Hall–Kier alpha value is -3.85. The molecule has 2 aromatic heterocycles. The number of halogens is 1. The Balaban J connectivity index is 1.33. The molecular formula is C25H20ClN5O4S2. The fraction of sp³-hybridized carbons (Fsp3) is 0.120. The van der Waals surface area contributed by atoms with E-state index in [1.807, 2.05) is 12.1 Å². The second-order valence-corrected chi connectivity index (χ2v) is 11.0. The quantitative estimate of drug-likeness (QED) is 0.259. The van der Waals surface area contributed by atoms with Gasteiger partial charge >= 0.3 is 0 Å². The van der Waals surface area contributed by atoms with Crippen molar-refractivity contribution in [3.05, 3.63) is 83.1 Å². The van der Waals surface area contributed by atoms with Gasteiger partial charge in [0.15, 0.2) is 5.82 Å². The molecule has 2 heterocycles. The van der Waals surface area contributed by atoms with E-state index in [2.05, 4.69) is 26.2 Å². The SMILES string of the molecule is Cc1cc(NS(=O)(=O)c2ccc(NC(=O)CCSc3nc(-c4ccc(Cl)cc4)ccc3C#N)cc2)no1. The van der Waals surface area contributed by atoms with E-state index < -0.39 is 10.0 Å². The van der Waals surface area contributed by atoms with Crippen LogP contribution in [0.15, 0.2) is 81.2 Å². The number of carbonyl (C=O) groups excluding carboxylic acids is 1. The van der Waals surface area contributed by atoms with Crippen molar-refractivity contribution in [2.75, 3.05) is 15.8 Å². The molecule has 4 aromatic rings. The number of aromatic nitrogens is 2. The summed E-state index contributed by atoms with van der Waals surface area (Å²) in [6.07, 6.45) is 0.162. The molecule has 188 valence electrons. The van der Waals surface area contributed by atoms with Crippen LogP contribution in [0.5, 0.6) is 0 Å². The molecule has 37 heavy (non-hydrogen) atoms. The van der Waals surface area contributed by atoms with E-state index in [1.165, 1.54) is 42.1 Å². The van der Waals surface area contributed by atoms with Crippen LogP contribution in [0.4, 0.5) is 11.5 Å². The minimum atomic E-state index is -3.85. The van der Waals surface area contributed by atoms with E-state index in [4.69, 9.17) is 16.1 Å². The van der Waals surface area contributed by atoms with Crippen molar-refractivity contribution in [2.24, 2.45) is 0 Å². The van der Waals surface area contributed by atoms with Crippen LogP contribution in [0.2, 0.25) is 5.02 Å². The molecule has 0 aliphatic rings. The molecule has 0 unspecified atom stereocenters. The fourth-order valence-electron chi connectivity index (χ4n) is 3.21. The zero-order valence-electron chi connectivity index (χ0n) is 19.4. The lowest BCUT2D eigenvalue weighted by Crippen LogP contribution is -2.14. The first-order valence-electron chi connectivity index (χ1n) is 10.9. The Labute approximate surface area is 222 Å². The van der Waals surface area contributed by atoms with Crippen LogP contribution >= 0.6 is 23.4 Å². The van der Waals surface area contributed by atoms with E-state index in [1.54, 1.807) is 31.2 Å². The summed E-state index contributed by atoms with van der Waals surface area (Å²) in [6.45, 7) is 1.65. The summed E-state index contributed by atoms with van der Waals surface area (Å²) < 4.78 is 32.2. The standard InChI is InChI=1S/C25H20ClN5O4S2/c1-16-14-23(30-35-16)31-37(33,34)21-9-7-20(8-10-21)28-24(32)12-13-36-25-18(15-27)4-11-22(29-25)17-2-5-19(26)6-3-17/h2-11,14H,12-13H2,1H3,(H,28,32)(H,30,31). The molecule has 4 rings (SSSR count). The van der Waals surface area contributed by atoms with Gasteiger partial charge in [-0.15, -0.1) is 11.8 Å². The van der Waals surface area contributed by atoms with Crippen molar-refractivity contribution in [1.29, 1.82) is 5.26 Å². The maximum atomic E-state index is 12.5. The highest BCUT2D eigenvalue weighted by Crippen LogP contribution is 2.27. The molecule has 9 nitrogen and oxygen atoms in total. The van der Waals surface area contributed by atoms with Crippen LogP contribution in [0.25, 0.3) is 11.3 Å². The number of hydrogen-bond acceptors (Lipinski definition) is 8. The van der Waals surface area contributed by atoms with Gasteiger partial charge in [0.1, 0.15) is 16.9 Å². The number of sulfonamides is 1. The molecule has 0 aliphatic heterocycles. The lowest BCUT2D eigenvalue weighted by Gasteiger charge is -2.09. The number of carbonyl (C=O) groups is 1. The number of hydrogen-bond donors (Lipinski definition) is 2. The summed E-state index contributed by atoms with van der Waals surface area (Å²) in [5.41, 5.74) is 2.44. The Morgan fingerprint density at radius 2 is 1.84 bits per heavy atom. The molecule has 0 saturated heterocycles. The molecule has 0 aliphatic carbocycles. The summed E-state index contributed by atoms with van der Waals surface area (Å²) in [7, 11) is -3.85. The zero-order chi connectivity index (χ0) is 26.4. The number of amides is 1. The van der Waals surface area contributed by atoms with E-state index in [9.17, 15) is 18.5 Å². The second-order valence-electron chi connectivity index (χ2n) is 7.77. The highest BCUT2D eigenvalue weighted by Gasteiger charge is 2.16. The topological polar surface area (TPSA) is 138 Å². The number of rotatable bonds is 9. The Kier molecular flexibility index (Phi) is 8.13. The first kappa shape index (κ1) is 26.2. The van der Waals surface area contributed by atoms with Crippen molar-refractivity contribution < 1.29 is 17.7 Å². The van der Waals surface area contributed by atoms with Crippen LogP contribution in [0.1, 0.15) is 17.7 Å². The van der Waals surface area contributed by atoms with Gasteiger partial charge in [0, 0.05) is 34.5 Å². The zero-order valence-corrected chi connectivity index (χ0v) is 21.8. The van der Waals surface area contributed by atoms with Gasteiger partial charge in [-0.05, 0) is 55.5 Å². The minimum Gasteiger partial charge on any atom is -0.360 e. The summed E-state index contributed by atoms with van der Waals surface area (Å²) in [5.74, 6) is 0.694. The smallest absolute Gasteiger partial charge is 0.263 e. The maximum absolute atomic E-state index is 12.5. The third-order valence-corrected chi connectivity index (χ3v) is 7.62. The molecule has 0 fully saturated rings. The largest absolute Gasteiger partial charge is 0.360 e. The number of nitriles is 1. The number of benzene rings is 2. The highest BCUT2D eigenvalue weighted by atomic mass is 35.5. The molecule has 2 N–H and O–H groups in total. The van der Waals surface area contributed by atoms with Crippen LogP contribution in [0.3, 0.4) is 0 Å². The van der Waals surface area contributed by atoms with Crippen molar-refractivity contribution in [3.8, 4) is 17.3 Å². The van der Waals surface area contributed by atoms with Gasteiger partial charge in [-0.3, -0.25) is 9.52 Å². The summed E-state index contributed by atoms with van der Waals surface area (Å²) in [4.78, 5) is 17.0. The van der Waals surface area contributed by atoms with E-state index in [0.29, 0.717) is 38.5 Å². The number of anilines is 2. The summed E-state index contributed by atoms with van der Waals surface area (Å²) >= 11 is 7.26. The van der Waals surface area contributed by atoms with Crippen molar-refractivity contribution in [3.63, 3.8) is 0 Å². The third kappa shape index (κ3) is 6.89. The predicted molar refractivity (Wildman–Crippen MR) is 142 cm³/mol. The summed E-state index contributed by atoms with van der Waals surface area (Å²) in [6, 6.07) is 20.1. The lowest BCUT2D eigenvalue weighted by atomic mass is 10.1. The molecule has 12 heteroatoms. The Morgan fingerprint density at radius 1 is 1.11 bits per heavy atom. The normalized spacial score (nSPS) is 11.1. The molecule has 0 spiro atoms. The lowest BCUT2D eigenvalue weighted by molar-refractivity contribution is -0.115. The number of nitrogens with one attached hydrogen (secondary N) is 2. The van der Waals surface area contributed by atoms with Gasteiger partial charge in [0.2, 0.25) is 5.91 Å². The third-order valence-electron chi connectivity index (χ3n) is 5.00. The van der Waals surface area contributed by atoms with E-state index in [-0.39, 0.29) is 23.0 Å². The minimum absolute atomic E-state index is 0.0115. The maximum Gasteiger partial charge on any atom is 0.263 e. The van der Waals surface area contributed by atoms with Crippen LogP contribution in [0, 0.1) is 18.3 Å². The monoisotopic (exact) mass is 553 g/mol. The molecule has 0 atom stereocenters. The first-order valence-corrected chi connectivity index (χ1v) is 13.7. The van der Waals surface area contributed by atoms with Crippen molar-refractivity contribution >= 4 is 50.8 Å². The van der Waals surface area contributed by atoms with E-state index >= 15 is 0 Å². The molecule has 2 aromatic carbocycles.